The first-order valence-corrected chi connectivity index (χ1v) is 8.80. The molecule has 0 amide bonds. The summed E-state index contributed by atoms with van der Waals surface area (Å²) in [5.41, 5.74) is 3.00. The molecule has 3 heterocycles. The normalized spacial score (nSPS) is 10.8. The highest BCUT2D eigenvalue weighted by atomic mass is 32.1. The molecule has 0 saturated carbocycles. The van der Waals surface area contributed by atoms with E-state index in [1.807, 2.05) is 41.0 Å². The van der Waals surface area contributed by atoms with Crippen LogP contribution in [0.15, 0.2) is 48.9 Å². The Kier molecular flexibility index (Phi) is 4.40. The molecule has 0 aliphatic carbocycles. The quantitative estimate of drug-likeness (QED) is 0.562. The summed E-state index contributed by atoms with van der Waals surface area (Å²) in [7, 11) is 3.24. The number of imidazole rings is 1. The molecule has 0 fully saturated rings. The minimum Gasteiger partial charge on any atom is -0.493 e. The van der Waals surface area contributed by atoms with Crippen LogP contribution >= 0.6 is 11.3 Å². The van der Waals surface area contributed by atoms with E-state index in [0.29, 0.717) is 18.0 Å². The Bertz CT molecular complexity index is 1030. The van der Waals surface area contributed by atoms with Crippen LogP contribution in [0.3, 0.4) is 0 Å². The Labute approximate surface area is 154 Å². The van der Waals surface area contributed by atoms with Crippen molar-refractivity contribution in [3.63, 3.8) is 0 Å². The molecule has 4 aromatic rings. The molecular weight excluding hydrogens is 350 g/mol. The number of aromatic nitrogens is 4. The van der Waals surface area contributed by atoms with Gasteiger partial charge in [-0.3, -0.25) is 4.98 Å². The average Bonchev–Trinajstić information content (AvgIpc) is 3.27. The molecule has 1 N–H and O–H groups in total. The third-order valence-electron chi connectivity index (χ3n) is 3.96. The van der Waals surface area contributed by atoms with E-state index in [2.05, 4.69) is 20.4 Å². The molecule has 7 nitrogen and oxygen atoms in total. The number of rotatable bonds is 6. The second-order valence-corrected chi connectivity index (χ2v) is 6.48. The van der Waals surface area contributed by atoms with Gasteiger partial charge in [0, 0.05) is 24.5 Å². The lowest BCUT2D eigenvalue weighted by Crippen LogP contribution is -2.00. The van der Waals surface area contributed by atoms with Crippen LogP contribution in [0.4, 0.5) is 5.13 Å². The molecule has 4 rings (SSSR count). The fourth-order valence-electron chi connectivity index (χ4n) is 2.63. The van der Waals surface area contributed by atoms with Gasteiger partial charge in [-0.1, -0.05) is 11.3 Å². The molecule has 0 unspecified atom stereocenters. The Balaban J connectivity index is 1.62. The third kappa shape index (κ3) is 3.06. The number of hydrogen-bond donors (Lipinski definition) is 1. The maximum atomic E-state index is 5.39. The average molecular weight is 367 g/mol. The number of pyridine rings is 1. The third-order valence-corrected chi connectivity index (χ3v) is 4.84. The van der Waals surface area contributed by atoms with E-state index in [4.69, 9.17) is 9.47 Å². The van der Waals surface area contributed by atoms with Gasteiger partial charge in [-0.25, -0.2) is 9.50 Å². The summed E-state index contributed by atoms with van der Waals surface area (Å²) in [6.45, 7) is 0.685. The Morgan fingerprint density at radius 3 is 2.65 bits per heavy atom. The highest BCUT2D eigenvalue weighted by Crippen LogP contribution is 2.33. The first-order valence-electron chi connectivity index (χ1n) is 7.98. The van der Waals surface area contributed by atoms with E-state index >= 15 is 0 Å². The minimum absolute atomic E-state index is 0.672. The van der Waals surface area contributed by atoms with Crippen LogP contribution in [0.25, 0.3) is 16.2 Å². The van der Waals surface area contributed by atoms with Crippen molar-refractivity contribution in [2.24, 2.45) is 0 Å². The van der Waals surface area contributed by atoms with Gasteiger partial charge in [-0.15, -0.1) is 5.10 Å². The SMILES string of the molecule is COc1ccc(-c2cnc3sc(NCc4ccncc4)nn23)cc1OC. The van der Waals surface area contributed by atoms with Gasteiger partial charge in [0.25, 0.3) is 0 Å². The molecule has 26 heavy (non-hydrogen) atoms. The number of nitrogens with one attached hydrogen (secondary N) is 1. The number of hydrogen-bond acceptors (Lipinski definition) is 7. The predicted octanol–water partition coefficient (Wildman–Crippen LogP) is 3.48. The van der Waals surface area contributed by atoms with E-state index in [-0.39, 0.29) is 0 Å². The highest BCUT2D eigenvalue weighted by Gasteiger charge is 2.14. The second kappa shape index (κ2) is 7.01. The van der Waals surface area contributed by atoms with Crippen LogP contribution in [0.2, 0.25) is 0 Å². The van der Waals surface area contributed by atoms with Gasteiger partial charge >= 0.3 is 0 Å². The molecule has 3 aromatic heterocycles. The summed E-state index contributed by atoms with van der Waals surface area (Å²) in [6.07, 6.45) is 5.37. The first kappa shape index (κ1) is 16.3. The number of fused-ring (bicyclic) bond motifs is 1. The molecule has 0 saturated heterocycles. The number of ether oxygens (including phenoxy) is 2. The number of benzene rings is 1. The Hall–Kier alpha value is -3.13. The van der Waals surface area contributed by atoms with E-state index < -0.39 is 0 Å². The summed E-state index contributed by atoms with van der Waals surface area (Å²) >= 11 is 1.51. The molecule has 132 valence electrons. The Morgan fingerprint density at radius 1 is 1.08 bits per heavy atom. The van der Waals surface area contributed by atoms with Gasteiger partial charge in [0.1, 0.15) is 0 Å². The topological polar surface area (TPSA) is 73.6 Å². The highest BCUT2D eigenvalue weighted by molar-refractivity contribution is 7.20. The van der Waals surface area contributed by atoms with Crippen LogP contribution in [0, 0.1) is 0 Å². The predicted molar refractivity (Wildman–Crippen MR) is 101 cm³/mol. The van der Waals surface area contributed by atoms with Gasteiger partial charge < -0.3 is 14.8 Å². The molecule has 0 aliphatic rings. The number of methoxy groups -OCH3 is 2. The van der Waals surface area contributed by atoms with Crippen molar-refractivity contribution >= 4 is 21.4 Å². The molecule has 0 aliphatic heterocycles. The summed E-state index contributed by atoms with van der Waals surface area (Å²) in [5, 5.41) is 8.78. The summed E-state index contributed by atoms with van der Waals surface area (Å²) < 4.78 is 12.5. The van der Waals surface area contributed by atoms with Crippen molar-refractivity contribution < 1.29 is 9.47 Å². The summed E-state index contributed by atoms with van der Waals surface area (Å²) in [5.74, 6) is 1.36. The summed E-state index contributed by atoms with van der Waals surface area (Å²) in [4.78, 5) is 9.32. The zero-order chi connectivity index (χ0) is 17.9. The Morgan fingerprint density at radius 2 is 1.88 bits per heavy atom. The van der Waals surface area contributed by atoms with E-state index in [9.17, 15) is 0 Å². The maximum absolute atomic E-state index is 5.39. The van der Waals surface area contributed by atoms with Gasteiger partial charge in [0.15, 0.2) is 11.5 Å². The first-order chi connectivity index (χ1) is 12.8. The van der Waals surface area contributed by atoms with Crippen molar-refractivity contribution in [3.05, 3.63) is 54.5 Å². The molecule has 0 radical (unpaired) electrons. The van der Waals surface area contributed by atoms with Gasteiger partial charge in [-0.05, 0) is 35.9 Å². The van der Waals surface area contributed by atoms with Crippen LogP contribution in [-0.2, 0) is 6.54 Å². The molecule has 0 atom stereocenters. The molecule has 0 bridgehead atoms. The zero-order valence-corrected chi connectivity index (χ0v) is 15.2. The van der Waals surface area contributed by atoms with Crippen molar-refractivity contribution in [1.29, 1.82) is 0 Å². The lowest BCUT2D eigenvalue weighted by atomic mass is 10.1. The van der Waals surface area contributed by atoms with Crippen molar-refractivity contribution in [2.45, 2.75) is 6.54 Å². The van der Waals surface area contributed by atoms with Gasteiger partial charge in [0.2, 0.25) is 10.1 Å². The monoisotopic (exact) mass is 367 g/mol. The fraction of sp³-hybridized carbons (Fsp3) is 0.167. The van der Waals surface area contributed by atoms with E-state index in [1.165, 1.54) is 11.3 Å². The van der Waals surface area contributed by atoms with E-state index in [0.717, 1.165) is 26.9 Å². The summed E-state index contributed by atoms with van der Waals surface area (Å²) in [6, 6.07) is 9.71. The lowest BCUT2D eigenvalue weighted by Gasteiger charge is -2.08. The number of nitrogens with zero attached hydrogens (tertiary/aromatic N) is 4. The maximum Gasteiger partial charge on any atom is 0.214 e. The molecular formula is C18H17N5O2S. The van der Waals surface area contributed by atoms with Crippen molar-refractivity contribution in [3.8, 4) is 22.8 Å². The smallest absolute Gasteiger partial charge is 0.214 e. The van der Waals surface area contributed by atoms with Crippen LogP contribution in [-0.4, -0.2) is 33.8 Å². The van der Waals surface area contributed by atoms with E-state index in [1.54, 1.807) is 26.6 Å². The fourth-order valence-corrected chi connectivity index (χ4v) is 3.41. The standard InChI is InChI=1S/C18H17N5O2S/c1-24-15-4-3-13(9-16(15)25-2)14-11-21-18-23(14)22-17(26-18)20-10-12-5-7-19-8-6-12/h3-9,11H,10H2,1-2H3,(H,20,22). The van der Waals surface area contributed by atoms with Crippen molar-refractivity contribution in [2.75, 3.05) is 19.5 Å². The van der Waals surface area contributed by atoms with Crippen molar-refractivity contribution in [1.82, 2.24) is 19.6 Å². The zero-order valence-electron chi connectivity index (χ0n) is 14.3. The van der Waals surface area contributed by atoms with Crippen LogP contribution in [0.1, 0.15) is 5.56 Å². The van der Waals surface area contributed by atoms with Gasteiger partial charge in [-0.2, -0.15) is 0 Å². The largest absolute Gasteiger partial charge is 0.493 e. The lowest BCUT2D eigenvalue weighted by molar-refractivity contribution is 0.355. The molecule has 8 heteroatoms. The van der Waals surface area contributed by atoms with Crippen LogP contribution < -0.4 is 14.8 Å². The molecule has 1 aromatic carbocycles. The van der Waals surface area contributed by atoms with Crippen LogP contribution in [0.5, 0.6) is 11.5 Å². The number of anilines is 1. The minimum atomic E-state index is 0.672. The second-order valence-electron chi connectivity index (χ2n) is 5.52. The molecule has 0 spiro atoms. The van der Waals surface area contributed by atoms with Gasteiger partial charge in [0.05, 0.1) is 26.1 Å².